The second kappa shape index (κ2) is 8.55. The van der Waals surface area contributed by atoms with Crippen molar-refractivity contribution in [1.82, 2.24) is 9.97 Å². The number of aromatic nitrogens is 2. The van der Waals surface area contributed by atoms with E-state index in [0.717, 1.165) is 18.8 Å². The quantitative estimate of drug-likeness (QED) is 0.867. The first-order chi connectivity index (χ1) is 11.1. The van der Waals surface area contributed by atoms with Gasteiger partial charge in [0, 0.05) is 25.2 Å². The first kappa shape index (κ1) is 17.3. The van der Waals surface area contributed by atoms with Crippen molar-refractivity contribution in [2.45, 2.75) is 12.5 Å². The third kappa shape index (κ3) is 5.26. The maximum atomic E-state index is 9.39. The molecule has 0 radical (unpaired) electrons. The summed E-state index contributed by atoms with van der Waals surface area (Å²) in [5.74, 6) is 2.03. The predicted molar refractivity (Wildman–Crippen MR) is 89.4 cm³/mol. The highest BCUT2D eigenvalue weighted by molar-refractivity contribution is 6.29. The largest absolute Gasteiger partial charge is 0.481 e. The minimum absolute atomic E-state index is 0.219. The molecule has 1 N–H and O–H groups in total. The lowest BCUT2D eigenvalue weighted by molar-refractivity contribution is 0.198. The second-order valence-corrected chi connectivity index (χ2v) is 5.32. The normalized spacial score (nSPS) is 16.5. The minimum Gasteiger partial charge on any atom is -0.481 e. The Morgan fingerprint density at radius 2 is 1.74 bits per heavy atom. The van der Waals surface area contributed by atoms with E-state index >= 15 is 0 Å². The Kier molecular flexibility index (Phi) is 6.43. The summed E-state index contributed by atoms with van der Waals surface area (Å²) in [4.78, 5) is 10.2. The zero-order valence-corrected chi connectivity index (χ0v) is 13.9. The van der Waals surface area contributed by atoms with Crippen LogP contribution in [-0.4, -0.2) is 48.5 Å². The van der Waals surface area contributed by atoms with E-state index in [9.17, 15) is 5.11 Å². The van der Waals surface area contributed by atoms with Crippen molar-refractivity contribution >= 4 is 17.4 Å². The highest BCUT2D eigenvalue weighted by Gasteiger charge is 2.21. The van der Waals surface area contributed by atoms with Gasteiger partial charge in [-0.2, -0.15) is 4.98 Å². The lowest BCUT2D eigenvalue weighted by Crippen LogP contribution is -2.22. The molecule has 0 saturated carbocycles. The van der Waals surface area contributed by atoms with Crippen LogP contribution in [0.1, 0.15) is 6.42 Å². The van der Waals surface area contributed by atoms with Crippen LogP contribution in [0.4, 0.5) is 5.82 Å². The fourth-order valence-electron chi connectivity index (χ4n) is 2.15. The first-order valence-electron chi connectivity index (χ1n) is 7.23. The van der Waals surface area contributed by atoms with Gasteiger partial charge in [-0.05, 0) is 18.6 Å². The number of nitrogens with zero attached hydrogens (tertiary/aromatic N) is 3. The SMILES string of the molecule is COc1cccc(Cl)n1.COc1cccc(N2CC[C@H](O)C2)n1. The topological polar surface area (TPSA) is 67.7 Å². The monoisotopic (exact) mass is 337 g/mol. The maximum absolute atomic E-state index is 9.39. The Bertz CT molecular complexity index is 627. The molecule has 1 atom stereocenters. The molecule has 124 valence electrons. The summed E-state index contributed by atoms with van der Waals surface area (Å²) in [5.41, 5.74) is 0. The molecule has 3 rings (SSSR count). The molecule has 0 aromatic carbocycles. The third-order valence-electron chi connectivity index (χ3n) is 3.30. The van der Waals surface area contributed by atoms with Crippen LogP contribution < -0.4 is 14.4 Å². The van der Waals surface area contributed by atoms with Gasteiger partial charge in [0.05, 0.1) is 20.3 Å². The summed E-state index contributed by atoms with van der Waals surface area (Å²) in [6.07, 6.45) is 0.599. The van der Waals surface area contributed by atoms with E-state index in [4.69, 9.17) is 21.1 Å². The second-order valence-electron chi connectivity index (χ2n) is 4.93. The van der Waals surface area contributed by atoms with E-state index in [-0.39, 0.29) is 6.10 Å². The summed E-state index contributed by atoms with van der Waals surface area (Å²) >= 11 is 5.53. The fraction of sp³-hybridized carbons (Fsp3) is 0.375. The van der Waals surface area contributed by atoms with E-state index in [1.54, 1.807) is 32.4 Å². The molecule has 1 aliphatic heterocycles. The molecule has 0 bridgehead atoms. The lowest BCUT2D eigenvalue weighted by atomic mass is 10.3. The molecule has 0 amide bonds. The first-order valence-corrected chi connectivity index (χ1v) is 7.60. The molecule has 1 aliphatic rings. The lowest BCUT2D eigenvalue weighted by Gasteiger charge is -2.16. The molecule has 3 heterocycles. The Labute approximate surface area is 140 Å². The van der Waals surface area contributed by atoms with Gasteiger partial charge in [0.2, 0.25) is 11.8 Å². The molecule has 2 aromatic heterocycles. The van der Waals surface area contributed by atoms with Crippen molar-refractivity contribution in [2.24, 2.45) is 0 Å². The molecule has 0 unspecified atom stereocenters. The van der Waals surface area contributed by atoms with Gasteiger partial charge in [-0.25, -0.2) is 4.98 Å². The zero-order valence-electron chi connectivity index (χ0n) is 13.1. The van der Waals surface area contributed by atoms with Crippen LogP contribution in [0.5, 0.6) is 11.8 Å². The van der Waals surface area contributed by atoms with Crippen molar-refractivity contribution < 1.29 is 14.6 Å². The van der Waals surface area contributed by atoms with Gasteiger partial charge in [0.1, 0.15) is 11.0 Å². The predicted octanol–water partition coefficient (Wildman–Crippen LogP) is 2.40. The average Bonchev–Trinajstić information content (AvgIpc) is 3.02. The van der Waals surface area contributed by atoms with E-state index in [0.29, 0.717) is 23.5 Å². The van der Waals surface area contributed by atoms with E-state index in [2.05, 4.69) is 14.9 Å². The molecule has 6 nitrogen and oxygen atoms in total. The molecule has 23 heavy (non-hydrogen) atoms. The Hall–Kier alpha value is -2.05. The van der Waals surface area contributed by atoms with E-state index in [1.807, 2.05) is 18.2 Å². The summed E-state index contributed by atoms with van der Waals surface area (Å²) < 4.78 is 9.84. The number of hydrogen-bond donors (Lipinski definition) is 1. The van der Waals surface area contributed by atoms with Gasteiger partial charge in [-0.15, -0.1) is 0 Å². The number of β-amino-alcohol motifs (C(OH)–C–C–N with tert-alkyl or cyclic N) is 1. The minimum atomic E-state index is -0.219. The Morgan fingerprint density at radius 3 is 2.26 bits per heavy atom. The Morgan fingerprint density at radius 1 is 1.09 bits per heavy atom. The van der Waals surface area contributed by atoms with Crippen molar-refractivity contribution in [3.63, 3.8) is 0 Å². The summed E-state index contributed by atoms with van der Waals surface area (Å²) in [5, 5.41) is 9.84. The Balaban J connectivity index is 0.000000185. The molecule has 7 heteroatoms. The van der Waals surface area contributed by atoms with Crippen LogP contribution in [0.15, 0.2) is 36.4 Å². The zero-order chi connectivity index (χ0) is 16.7. The van der Waals surface area contributed by atoms with Crippen LogP contribution in [0.3, 0.4) is 0 Å². The molecular weight excluding hydrogens is 318 g/mol. The summed E-state index contributed by atoms with van der Waals surface area (Å²) in [6, 6.07) is 10.9. The molecule has 2 aromatic rings. The highest BCUT2D eigenvalue weighted by atomic mass is 35.5. The molecule has 1 saturated heterocycles. The molecule has 0 spiro atoms. The van der Waals surface area contributed by atoms with Crippen LogP contribution in [0, 0.1) is 0 Å². The number of methoxy groups -OCH3 is 2. The number of ether oxygens (including phenoxy) is 2. The standard InChI is InChI=1S/C10H14N2O2.C6H6ClNO/c1-14-10-4-2-3-9(11-10)12-6-5-8(13)7-12;1-9-6-4-2-3-5(7)8-6/h2-4,8,13H,5-7H2,1H3;2-4H,1H3/t8-;/m0./s1. The van der Waals surface area contributed by atoms with Gasteiger partial charge in [-0.3, -0.25) is 0 Å². The van der Waals surface area contributed by atoms with Gasteiger partial charge in [-0.1, -0.05) is 23.7 Å². The molecular formula is C16H20ClN3O3. The third-order valence-corrected chi connectivity index (χ3v) is 3.51. The van der Waals surface area contributed by atoms with Gasteiger partial charge < -0.3 is 19.5 Å². The van der Waals surface area contributed by atoms with Gasteiger partial charge in [0.15, 0.2) is 0 Å². The number of aliphatic hydroxyl groups is 1. The van der Waals surface area contributed by atoms with E-state index in [1.165, 1.54) is 0 Å². The van der Waals surface area contributed by atoms with Crippen LogP contribution in [0.25, 0.3) is 0 Å². The number of pyridine rings is 2. The number of aliphatic hydroxyl groups excluding tert-OH is 1. The fourth-order valence-corrected chi connectivity index (χ4v) is 2.30. The molecule has 1 fully saturated rings. The average molecular weight is 338 g/mol. The summed E-state index contributed by atoms with van der Waals surface area (Å²) in [7, 11) is 3.16. The van der Waals surface area contributed by atoms with Gasteiger partial charge in [0.25, 0.3) is 0 Å². The van der Waals surface area contributed by atoms with Crippen LogP contribution in [0.2, 0.25) is 5.15 Å². The number of rotatable bonds is 3. The number of hydrogen-bond acceptors (Lipinski definition) is 6. The van der Waals surface area contributed by atoms with Crippen molar-refractivity contribution in [1.29, 1.82) is 0 Å². The highest BCUT2D eigenvalue weighted by Crippen LogP contribution is 2.20. The smallest absolute Gasteiger partial charge is 0.214 e. The van der Waals surface area contributed by atoms with Crippen molar-refractivity contribution in [3.8, 4) is 11.8 Å². The van der Waals surface area contributed by atoms with Gasteiger partial charge >= 0.3 is 0 Å². The summed E-state index contributed by atoms with van der Waals surface area (Å²) in [6.45, 7) is 1.53. The van der Waals surface area contributed by atoms with Crippen molar-refractivity contribution in [3.05, 3.63) is 41.6 Å². The van der Waals surface area contributed by atoms with Crippen molar-refractivity contribution in [2.75, 3.05) is 32.2 Å². The van der Waals surface area contributed by atoms with Crippen LogP contribution >= 0.6 is 11.6 Å². The van der Waals surface area contributed by atoms with Crippen LogP contribution in [-0.2, 0) is 0 Å². The number of halogens is 1. The number of anilines is 1. The molecule has 0 aliphatic carbocycles. The maximum Gasteiger partial charge on any atom is 0.214 e. The van der Waals surface area contributed by atoms with E-state index < -0.39 is 0 Å².